The Morgan fingerprint density at radius 2 is 2.14 bits per heavy atom. The Morgan fingerprint density at radius 3 is 2.64 bits per heavy atom. The predicted molar refractivity (Wildman–Crippen MR) is 56.0 cm³/mol. The van der Waals surface area contributed by atoms with Crippen molar-refractivity contribution < 1.29 is 4.39 Å². The van der Waals surface area contributed by atoms with Crippen LogP contribution in [0.1, 0.15) is 24.8 Å². The maximum Gasteiger partial charge on any atom is 0.141 e. The Hall–Kier alpha value is -0.600. The minimum Gasteiger partial charge on any atom is -0.330 e. The molecule has 2 rings (SSSR count). The highest BCUT2D eigenvalue weighted by molar-refractivity contribution is 6.30. The number of rotatable bonds is 3. The van der Waals surface area contributed by atoms with Crippen molar-refractivity contribution in [3.63, 3.8) is 0 Å². The second-order valence-electron chi connectivity index (χ2n) is 3.95. The Labute approximate surface area is 88.1 Å². The molecular formula is C11H13ClFN. The van der Waals surface area contributed by atoms with Crippen molar-refractivity contribution in [3.05, 3.63) is 34.6 Å². The molecule has 0 aromatic heterocycles. The summed E-state index contributed by atoms with van der Waals surface area (Å²) in [5.41, 5.74) is 6.89. The van der Waals surface area contributed by atoms with Crippen LogP contribution in [-0.2, 0) is 5.41 Å². The van der Waals surface area contributed by atoms with Crippen LogP contribution in [0.15, 0.2) is 18.2 Å². The molecule has 0 bridgehead atoms. The maximum atomic E-state index is 12.9. The van der Waals surface area contributed by atoms with Gasteiger partial charge in [-0.2, -0.15) is 0 Å². The van der Waals surface area contributed by atoms with E-state index in [4.69, 9.17) is 17.3 Å². The maximum absolute atomic E-state index is 12.9. The molecule has 76 valence electrons. The molecule has 1 saturated carbocycles. The average molecular weight is 214 g/mol. The second-order valence-corrected chi connectivity index (χ2v) is 4.36. The van der Waals surface area contributed by atoms with Crippen LogP contribution >= 0.6 is 11.6 Å². The van der Waals surface area contributed by atoms with Crippen molar-refractivity contribution in [2.75, 3.05) is 6.54 Å². The van der Waals surface area contributed by atoms with Gasteiger partial charge in [0.2, 0.25) is 0 Å². The zero-order chi connectivity index (χ0) is 10.2. The quantitative estimate of drug-likeness (QED) is 0.821. The summed E-state index contributed by atoms with van der Waals surface area (Å²) >= 11 is 5.74. The van der Waals surface area contributed by atoms with Gasteiger partial charge in [-0.1, -0.05) is 17.7 Å². The summed E-state index contributed by atoms with van der Waals surface area (Å²) in [6.45, 7) is 0.676. The highest BCUT2D eigenvalue weighted by Crippen LogP contribution is 2.51. The van der Waals surface area contributed by atoms with E-state index in [-0.39, 0.29) is 16.3 Å². The zero-order valence-corrected chi connectivity index (χ0v) is 8.65. The van der Waals surface area contributed by atoms with E-state index in [2.05, 4.69) is 0 Å². The average Bonchev–Trinajstić information content (AvgIpc) is 2.91. The molecular weight excluding hydrogens is 201 g/mol. The van der Waals surface area contributed by atoms with E-state index in [0.717, 1.165) is 24.8 Å². The molecule has 0 saturated heterocycles. The molecule has 0 spiro atoms. The molecule has 1 aliphatic carbocycles. The number of hydrogen-bond donors (Lipinski definition) is 1. The van der Waals surface area contributed by atoms with E-state index in [1.165, 1.54) is 6.07 Å². The van der Waals surface area contributed by atoms with Gasteiger partial charge in [0.25, 0.3) is 0 Å². The zero-order valence-electron chi connectivity index (χ0n) is 7.89. The fourth-order valence-electron chi connectivity index (χ4n) is 1.94. The van der Waals surface area contributed by atoms with Gasteiger partial charge in [-0.3, -0.25) is 0 Å². The standard InChI is InChI=1S/C11H13ClFN/c12-9-7-8(1-2-10(9)13)11(3-4-11)5-6-14/h1-2,7H,3-6,14H2. The van der Waals surface area contributed by atoms with Gasteiger partial charge in [0.05, 0.1) is 5.02 Å². The number of hydrogen-bond acceptors (Lipinski definition) is 1. The molecule has 0 aliphatic heterocycles. The lowest BCUT2D eigenvalue weighted by atomic mass is 9.92. The van der Waals surface area contributed by atoms with Crippen LogP contribution in [-0.4, -0.2) is 6.54 Å². The smallest absolute Gasteiger partial charge is 0.141 e. The van der Waals surface area contributed by atoms with Crippen LogP contribution < -0.4 is 5.73 Å². The van der Waals surface area contributed by atoms with E-state index in [1.807, 2.05) is 6.07 Å². The van der Waals surface area contributed by atoms with Gasteiger partial charge in [0, 0.05) is 0 Å². The van der Waals surface area contributed by atoms with E-state index in [9.17, 15) is 4.39 Å². The molecule has 3 heteroatoms. The normalized spacial score (nSPS) is 18.2. The Bertz CT molecular complexity index is 347. The van der Waals surface area contributed by atoms with Gasteiger partial charge in [0.1, 0.15) is 5.82 Å². The Kier molecular flexibility index (Phi) is 2.50. The van der Waals surface area contributed by atoms with Crippen LogP contribution in [0.5, 0.6) is 0 Å². The summed E-state index contributed by atoms with van der Waals surface area (Å²) in [5.74, 6) is -0.348. The predicted octanol–water partition coefficient (Wildman–Crippen LogP) is 2.86. The fourth-order valence-corrected chi connectivity index (χ4v) is 2.12. The summed E-state index contributed by atoms with van der Waals surface area (Å²) in [6.07, 6.45) is 3.26. The van der Waals surface area contributed by atoms with Crippen molar-refractivity contribution in [2.45, 2.75) is 24.7 Å². The van der Waals surface area contributed by atoms with Crippen molar-refractivity contribution in [1.29, 1.82) is 0 Å². The van der Waals surface area contributed by atoms with Crippen molar-refractivity contribution >= 4 is 11.6 Å². The number of halogens is 2. The first-order valence-corrected chi connectivity index (χ1v) is 5.21. The molecule has 0 amide bonds. The van der Waals surface area contributed by atoms with Crippen LogP contribution in [0.4, 0.5) is 4.39 Å². The first-order valence-electron chi connectivity index (χ1n) is 4.83. The van der Waals surface area contributed by atoms with Gasteiger partial charge in [-0.05, 0) is 48.9 Å². The van der Waals surface area contributed by atoms with Crippen LogP contribution in [0.25, 0.3) is 0 Å². The number of benzene rings is 1. The van der Waals surface area contributed by atoms with Gasteiger partial charge in [-0.25, -0.2) is 4.39 Å². The molecule has 1 fully saturated rings. The van der Waals surface area contributed by atoms with Gasteiger partial charge in [-0.15, -0.1) is 0 Å². The summed E-state index contributed by atoms with van der Waals surface area (Å²) in [4.78, 5) is 0. The minimum atomic E-state index is -0.348. The highest BCUT2D eigenvalue weighted by atomic mass is 35.5. The fraction of sp³-hybridized carbons (Fsp3) is 0.455. The van der Waals surface area contributed by atoms with Gasteiger partial charge < -0.3 is 5.73 Å². The first kappa shape index (κ1) is 9.94. The highest BCUT2D eigenvalue weighted by Gasteiger charge is 2.43. The van der Waals surface area contributed by atoms with Crippen molar-refractivity contribution in [1.82, 2.24) is 0 Å². The lowest BCUT2D eigenvalue weighted by molar-refractivity contribution is 0.611. The molecule has 2 N–H and O–H groups in total. The molecule has 14 heavy (non-hydrogen) atoms. The van der Waals surface area contributed by atoms with E-state index in [1.54, 1.807) is 6.07 Å². The van der Waals surface area contributed by atoms with Crippen LogP contribution in [0.2, 0.25) is 5.02 Å². The molecule has 0 atom stereocenters. The Morgan fingerprint density at radius 1 is 1.43 bits per heavy atom. The van der Waals surface area contributed by atoms with Crippen LogP contribution in [0.3, 0.4) is 0 Å². The van der Waals surface area contributed by atoms with E-state index < -0.39 is 0 Å². The molecule has 0 heterocycles. The minimum absolute atomic E-state index is 0.200. The van der Waals surface area contributed by atoms with E-state index >= 15 is 0 Å². The van der Waals surface area contributed by atoms with Crippen molar-refractivity contribution in [3.8, 4) is 0 Å². The third kappa shape index (κ3) is 1.64. The molecule has 1 aliphatic rings. The molecule has 1 nitrogen and oxygen atoms in total. The topological polar surface area (TPSA) is 26.0 Å². The molecule has 1 aromatic rings. The lowest BCUT2D eigenvalue weighted by Gasteiger charge is -2.14. The lowest BCUT2D eigenvalue weighted by Crippen LogP contribution is -2.13. The summed E-state index contributed by atoms with van der Waals surface area (Å²) in [7, 11) is 0. The summed E-state index contributed by atoms with van der Waals surface area (Å²) < 4.78 is 12.9. The summed E-state index contributed by atoms with van der Waals surface area (Å²) in [6, 6.07) is 5.00. The third-order valence-corrected chi connectivity index (χ3v) is 3.30. The van der Waals surface area contributed by atoms with Gasteiger partial charge >= 0.3 is 0 Å². The van der Waals surface area contributed by atoms with Gasteiger partial charge in [0.15, 0.2) is 0 Å². The SMILES string of the molecule is NCCC1(c2ccc(F)c(Cl)c2)CC1. The largest absolute Gasteiger partial charge is 0.330 e. The number of nitrogens with two attached hydrogens (primary N) is 1. The molecule has 1 aromatic carbocycles. The molecule has 0 radical (unpaired) electrons. The monoisotopic (exact) mass is 213 g/mol. The first-order chi connectivity index (χ1) is 6.68. The summed E-state index contributed by atoms with van der Waals surface area (Å²) in [5, 5.41) is 0.214. The second kappa shape index (κ2) is 3.52. The van der Waals surface area contributed by atoms with E-state index in [0.29, 0.717) is 6.54 Å². The Balaban J connectivity index is 2.28. The van der Waals surface area contributed by atoms with Crippen LogP contribution in [0, 0.1) is 5.82 Å². The van der Waals surface area contributed by atoms with Crippen molar-refractivity contribution in [2.24, 2.45) is 5.73 Å². The third-order valence-electron chi connectivity index (χ3n) is 3.01. The molecule has 0 unspecified atom stereocenters.